The Bertz CT molecular complexity index is 568. The molecule has 3 heteroatoms. The van der Waals surface area contributed by atoms with Gasteiger partial charge in [0.25, 0.3) is 0 Å². The van der Waals surface area contributed by atoms with Crippen molar-refractivity contribution in [3.05, 3.63) is 64.4 Å². The van der Waals surface area contributed by atoms with Crippen LogP contribution < -0.4 is 0 Å². The summed E-state index contributed by atoms with van der Waals surface area (Å²) in [4.78, 5) is 6.94. The van der Waals surface area contributed by atoms with Gasteiger partial charge in [-0.1, -0.05) is 48.9 Å². The number of pyridine rings is 1. The average Bonchev–Trinajstić information content (AvgIpc) is 2.39. The van der Waals surface area contributed by atoms with E-state index in [0.717, 1.165) is 24.7 Å². The van der Waals surface area contributed by atoms with E-state index >= 15 is 0 Å². The van der Waals surface area contributed by atoms with E-state index in [9.17, 15) is 0 Å². The predicted molar refractivity (Wildman–Crippen MR) is 78.2 cm³/mol. The molecule has 19 heavy (non-hydrogen) atoms. The second kappa shape index (κ2) is 5.32. The SMILES string of the molecule is CC1CN(Cc2ccccc2)Cc2cc(Cl)cnc21. The minimum absolute atomic E-state index is 0.463. The fourth-order valence-electron chi connectivity index (χ4n) is 2.80. The Morgan fingerprint density at radius 3 is 2.89 bits per heavy atom. The molecule has 0 saturated carbocycles. The van der Waals surface area contributed by atoms with Crippen molar-refractivity contribution >= 4 is 11.6 Å². The minimum atomic E-state index is 0.463. The molecule has 1 aromatic carbocycles. The molecule has 2 nitrogen and oxygen atoms in total. The van der Waals surface area contributed by atoms with Crippen molar-refractivity contribution < 1.29 is 0 Å². The Balaban J connectivity index is 1.81. The first kappa shape index (κ1) is 12.6. The molecule has 0 aliphatic carbocycles. The van der Waals surface area contributed by atoms with Crippen molar-refractivity contribution in [2.45, 2.75) is 25.9 Å². The van der Waals surface area contributed by atoms with Crippen molar-refractivity contribution in [3.63, 3.8) is 0 Å². The average molecular weight is 273 g/mol. The van der Waals surface area contributed by atoms with Gasteiger partial charge in [-0.25, -0.2) is 0 Å². The Labute approximate surface area is 119 Å². The largest absolute Gasteiger partial charge is 0.294 e. The first-order valence-electron chi connectivity index (χ1n) is 6.63. The van der Waals surface area contributed by atoms with Gasteiger partial charge in [-0.05, 0) is 17.2 Å². The number of aromatic nitrogens is 1. The molecule has 0 fully saturated rings. The van der Waals surface area contributed by atoms with Crippen LogP contribution in [0.2, 0.25) is 5.02 Å². The quantitative estimate of drug-likeness (QED) is 0.825. The summed E-state index contributed by atoms with van der Waals surface area (Å²) in [5.41, 5.74) is 3.82. The molecular weight excluding hydrogens is 256 g/mol. The second-order valence-electron chi connectivity index (χ2n) is 5.25. The Morgan fingerprint density at radius 2 is 2.11 bits per heavy atom. The van der Waals surface area contributed by atoms with Crippen LogP contribution in [0, 0.1) is 0 Å². The lowest BCUT2D eigenvalue weighted by Crippen LogP contribution is -2.32. The van der Waals surface area contributed by atoms with E-state index in [1.165, 1.54) is 16.8 Å². The third-order valence-electron chi connectivity index (χ3n) is 3.61. The minimum Gasteiger partial charge on any atom is -0.294 e. The molecule has 1 aliphatic heterocycles. The summed E-state index contributed by atoms with van der Waals surface area (Å²) >= 11 is 6.05. The van der Waals surface area contributed by atoms with Gasteiger partial charge in [-0.15, -0.1) is 0 Å². The summed E-state index contributed by atoms with van der Waals surface area (Å²) in [7, 11) is 0. The fourth-order valence-corrected chi connectivity index (χ4v) is 2.98. The van der Waals surface area contributed by atoms with E-state index < -0.39 is 0 Å². The number of benzene rings is 1. The van der Waals surface area contributed by atoms with Crippen molar-refractivity contribution in [2.24, 2.45) is 0 Å². The van der Waals surface area contributed by atoms with Crippen molar-refractivity contribution in [1.29, 1.82) is 0 Å². The first-order valence-corrected chi connectivity index (χ1v) is 7.01. The molecule has 1 aromatic heterocycles. The topological polar surface area (TPSA) is 16.1 Å². The van der Waals surface area contributed by atoms with E-state index in [2.05, 4.69) is 53.2 Å². The first-order chi connectivity index (χ1) is 9.22. The molecule has 0 bridgehead atoms. The maximum Gasteiger partial charge on any atom is 0.0592 e. The van der Waals surface area contributed by atoms with Gasteiger partial charge in [0.1, 0.15) is 0 Å². The lowest BCUT2D eigenvalue weighted by Gasteiger charge is -2.32. The van der Waals surface area contributed by atoms with E-state index in [4.69, 9.17) is 11.6 Å². The number of fused-ring (bicyclic) bond motifs is 1. The number of hydrogen-bond donors (Lipinski definition) is 0. The predicted octanol–water partition coefficient (Wildman–Crippen LogP) is 3.85. The Hall–Kier alpha value is -1.38. The highest BCUT2D eigenvalue weighted by atomic mass is 35.5. The number of nitrogens with zero attached hydrogens (tertiary/aromatic N) is 2. The van der Waals surface area contributed by atoms with Crippen LogP contribution in [0.4, 0.5) is 0 Å². The van der Waals surface area contributed by atoms with Crippen molar-refractivity contribution in [1.82, 2.24) is 9.88 Å². The zero-order valence-corrected chi connectivity index (χ0v) is 11.8. The molecule has 1 aliphatic rings. The van der Waals surface area contributed by atoms with E-state index in [1.54, 1.807) is 6.20 Å². The van der Waals surface area contributed by atoms with Gasteiger partial charge in [-0.2, -0.15) is 0 Å². The van der Waals surface area contributed by atoms with Crippen molar-refractivity contribution in [2.75, 3.05) is 6.54 Å². The molecule has 0 radical (unpaired) electrons. The molecular formula is C16H17ClN2. The molecule has 0 amide bonds. The lowest BCUT2D eigenvalue weighted by molar-refractivity contribution is 0.224. The molecule has 2 heterocycles. The van der Waals surface area contributed by atoms with E-state index in [0.29, 0.717) is 5.92 Å². The summed E-state index contributed by atoms with van der Waals surface area (Å²) in [5, 5.41) is 0.729. The third-order valence-corrected chi connectivity index (χ3v) is 3.82. The van der Waals surface area contributed by atoms with Crippen LogP contribution in [0.1, 0.15) is 29.7 Å². The van der Waals surface area contributed by atoms with Gasteiger partial charge in [0.05, 0.1) is 5.02 Å². The number of rotatable bonds is 2. The zero-order chi connectivity index (χ0) is 13.2. The molecule has 0 N–H and O–H groups in total. The van der Waals surface area contributed by atoms with Gasteiger partial charge in [-0.3, -0.25) is 9.88 Å². The summed E-state index contributed by atoms with van der Waals surface area (Å²) in [6.07, 6.45) is 1.75. The molecule has 0 saturated heterocycles. The van der Waals surface area contributed by atoms with E-state index in [1.807, 2.05) is 0 Å². The number of hydrogen-bond acceptors (Lipinski definition) is 2. The van der Waals surface area contributed by atoms with Gasteiger partial charge in [0.2, 0.25) is 0 Å². The van der Waals surface area contributed by atoms with Crippen LogP contribution in [-0.4, -0.2) is 16.4 Å². The number of halogens is 1. The van der Waals surface area contributed by atoms with Crippen LogP contribution >= 0.6 is 11.6 Å². The maximum absolute atomic E-state index is 6.05. The summed E-state index contributed by atoms with van der Waals surface area (Å²) in [6, 6.07) is 12.6. The fraction of sp³-hybridized carbons (Fsp3) is 0.312. The molecule has 2 aromatic rings. The molecule has 0 spiro atoms. The zero-order valence-electron chi connectivity index (χ0n) is 11.0. The van der Waals surface area contributed by atoms with Gasteiger partial charge < -0.3 is 0 Å². The second-order valence-corrected chi connectivity index (χ2v) is 5.69. The van der Waals surface area contributed by atoms with Crippen molar-refractivity contribution in [3.8, 4) is 0 Å². The van der Waals surface area contributed by atoms with E-state index in [-0.39, 0.29) is 0 Å². The summed E-state index contributed by atoms with van der Waals surface area (Å²) in [6.45, 7) is 5.20. The highest BCUT2D eigenvalue weighted by Gasteiger charge is 2.23. The Kier molecular flexibility index (Phi) is 3.54. The highest BCUT2D eigenvalue weighted by molar-refractivity contribution is 6.30. The van der Waals surface area contributed by atoms with Gasteiger partial charge >= 0.3 is 0 Å². The molecule has 98 valence electrons. The highest BCUT2D eigenvalue weighted by Crippen LogP contribution is 2.28. The monoisotopic (exact) mass is 272 g/mol. The van der Waals surface area contributed by atoms with Gasteiger partial charge in [0.15, 0.2) is 0 Å². The molecule has 1 unspecified atom stereocenters. The third kappa shape index (κ3) is 2.80. The Morgan fingerprint density at radius 1 is 1.32 bits per heavy atom. The van der Waals surface area contributed by atoms with Crippen LogP contribution in [0.5, 0.6) is 0 Å². The maximum atomic E-state index is 6.05. The van der Waals surface area contributed by atoms with Crippen LogP contribution in [0.25, 0.3) is 0 Å². The lowest BCUT2D eigenvalue weighted by atomic mass is 9.96. The smallest absolute Gasteiger partial charge is 0.0592 e. The summed E-state index contributed by atoms with van der Waals surface area (Å²) in [5.74, 6) is 0.463. The summed E-state index contributed by atoms with van der Waals surface area (Å²) < 4.78 is 0. The van der Waals surface area contributed by atoms with Crippen LogP contribution in [0.3, 0.4) is 0 Å². The van der Waals surface area contributed by atoms with Gasteiger partial charge in [0, 0.05) is 37.4 Å². The molecule has 3 rings (SSSR count). The normalized spacial score (nSPS) is 19.2. The molecule has 1 atom stereocenters. The van der Waals surface area contributed by atoms with Crippen LogP contribution in [-0.2, 0) is 13.1 Å². The van der Waals surface area contributed by atoms with Crippen LogP contribution in [0.15, 0.2) is 42.6 Å². The standard InChI is InChI=1S/C16H17ClN2/c1-12-9-19(10-13-5-3-2-4-6-13)11-14-7-15(17)8-18-16(12)14/h2-8,12H,9-11H2,1H3.